The van der Waals surface area contributed by atoms with Gasteiger partial charge in [-0.25, -0.2) is 0 Å². The summed E-state index contributed by atoms with van der Waals surface area (Å²) in [6.07, 6.45) is 2.00. The Labute approximate surface area is 127 Å². The number of aryl methyl sites for hydroxylation is 1. The number of rotatable bonds is 4. The van der Waals surface area contributed by atoms with E-state index < -0.39 is 10.1 Å². The highest BCUT2D eigenvalue weighted by Gasteiger charge is 2.16. The highest BCUT2D eigenvalue weighted by Crippen LogP contribution is 2.34. The first-order valence-electron chi connectivity index (χ1n) is 5.80. The summed E-state index contributed by atoms with van der Waals surface area (Å²) in [5.74, 6) is 0. The van der Waals surface area contributed by atoms with E-state index >= 15 is 0 Å². The predicted molar refractivity (Wildman–Crippen MR) is 83.3 cm³/mol. The Morgan fingerprint density at radius 2 is 1.60 bits per heavy atom. The molecule has 0 unspecified atom stereocenters. The molecule has 0 fully saturated rings. The van der Waals surface area contributed by atoms with E-state index in [4.69, 9.17) is 0 Å². The smallest absolute Gasteiger partial charge is 0.282 e. The SMILES string of the molecule is CSc1ccc(Sc2ccc(C)cc2S(=O)(=O)O)cc1. The number of hydrogen-bond donors (Lipinski definition) is 1. The molecule has 0 atom stereocenters. The Balaban J connectivity index is 2.38. The molecular formula is C14H14O3S3. The van der Waals surface area contributed by atoms with Crippen molar-refractivity contribution in [2.75, 3.05) is 6.26 Å². The molecule has 0 aliphatic carbocycles. The maximum atomic E-state index is 11.4. The van der Waals surface area contributed by atoms with Crippen LogP contribution in [0, 0.1) is 6.92 Å². The molecule has 0 aromatic heterocycles. The lowest BCUT2D eigenvalue weighted by molar-refractivity contribution is 0.481. The molecule has 0 saturated heterocycles. The molecule has 20 heavy (non-hydrogen) atoms. The molecule has 0 amide bonds. The van der Waals surface area contributed by atoms with Gasteiger partial charge in [-0.3, -0.25) is 4.55 Å². The lowest BCUT2D eigenvalue weighted by atomic mass is 10.2. The van der Waals surface area contributed by atoms with Crippen LogP contribution in [0.15, 0.2) is 62.0 Å². The van der Waals surface area contributed by atoms with Crippen LogP contribution >= 0.6 is 23.5 Å². The van der Waals surface area contributed by atoms with Crippen LogP contribution in [0.5, 0.6) is 0 Å². The first kappa shape index (κ1) is 15.4. The summed E-state index contributed by atoms with van der Waals surface area (Å²) < 4.78 is 32.2. The maximum absolute atomic E-state index is 11.4. The van der Waals surface area contributed by atoms with E-state index in [9.17, 15) is 13.0 Å². The molecule has 0 saturated carbocycles. The van der Waals surface area contributed by atoms with Crippen molar-refractivity contribution in [1.29, 1.82) is 0 Å². The third-order valence-electron chi connectivity index (χ3n) is 2.66. The normalized spacial score (nSPS) is 11.6. The van der Waals surface area contributed by atoms with Crippen LogP contribution in [0.2, 0.25) is 0 Å². The van der Waals surface area contributed by atoms with E-state index in [0.717, 1.165) is 15.4 Å². The van der Waals surface area contributed by atoms with E-state index in [0.29, 0.717) is 4.90 Å². The van der Waals surface area contributed by atoms with Gasteiger partial charge in [-0.1, -0.05) is 17.8 Å². The van der Waals surface area contributed by atoms with Crippen molar-refractivity contribution in [3.05, 3.63) is 48.0 Å². The van der Waals surface area contributed by atoms with Crippen LogP contribution in [0.4, 0.5) is 0 Å². The van der Waals surface area contributed by atoms with Gasteiger partial charge in [0.05, 0.1) is 0 Å². The largest absolute Gasteiger partial charge is 0.295 e. The second-order valence-corrected chi connectivity index (χ2v) is 7.59. The van der Waals surface area contributed by atoms with Crippen LogP contribution in [0.25, 0.3) is 0 Å². The molecule has 0 aliphatic heterocycles. The first-order valence-corrected chi connectivity index (χ1v) is 9.28. The molecule has 0 bridgehead atoms. The second-order valence-electron chi connectivity index (χ2n) is 4.20. The highest BCUT2D eigenvalue weighted by molar-refractivity contribution is 8.00. The minimum absolute atomic E-state index is 0.0450. The molecule has 0 aliphatic rings. The summed E-state index contributed by atoms with van der Waals surface area (Å²) in [5, 5.41) is 0. The second kappa shape index (κ2) is 6.22. The van der Waals surface area contributed by atoms with Crippen molar-refractivity contribution in [1.82, 2.24) is 0 Å². The Morgan fingerprint density at radius 3 is 2.15 bits per heavy atom. The highest BCUT2D eigenvalue weighted by atomic mass is 32.2. The fraction of sp³-hybridized carbons (Fsp3) is 0.143. The monoisotopic (exact) mass is 326 g/mol. The maximum Gasteiger partial charge on any atom is 0.295 e. The van der Waals surface area contributed by atoms with E-state index in [2.05, 4.69) is 0 Å². The summed E-state index contributed by atoms with van der Waals surface area (Å²) >= 11 is 2.97. The van der Waals surface area contributed by atoms with Crippen LogP contribution in [-0.2, 0) is 10.1 Å². The van der Waals surface area contributed by atoms with Gasteiger partial charge >= 0.3 is 0 Å². The molecule has 2 aromatic carbocycles. The average molecular weight is 326 g/mol. The van der Waals surface area contributed by atoms with Gasteiger partial charge in [0.25, 0.3) is 10.1 Å². The minimum Gasteiger partial charge on any atom is -0.282 e. The van der Waals surface area contributed by atoms with Gasteiger partial charge in [-0.05, 0) is 55.1 Å². The third kappa shape index (κ3) is 3.79. The van der Waals surface area contributed by atoms with Crippen LogP contribution in [-0.4, -0.2) is 19.2 Å². The zero-order valence-electron chi connectivity index (χ0n) is 11.0. The van der Waals surface area contributed by atoms with E-state index in [-0.39, 0.29) is 4.90 Å². The van der Waals surface area contributed by atoms with Crippen LogP contribution in [0.3, 0.4) is 0 Å². The van der Waals surface area contributed by atoms with E-state index in [1.54, 1.807) is 24.8 Å². The molecule has 1 N–H and O–H groups in total. The summed E-state index contributed by atoms with van der Waals surface area (Å²) in [6, 6.07) is 12.9. The Bertz CT molecular complexity index is 707. The third-order valence-corrected chi connectivity index (χ3v) is 5.51. The Morgan fingerprint density at radius 1 is 1.00 bits per heavy atom. The van der Waals surface area contributed by atoms with Crippen molar-refractivity contribution in [3.8, 4) is 0 Å². The lowest BCUT2D eigenvalue weighted by Gasteiger charge is -2.08. The number of benzene rings is 2. The molecule has 0 heterocycles. The number of thioether (sulfide) groups is 1. The molecule has 106 valence electrons. The average Bonchev–Trinajstić information content (AvgIpc) is 2.40. The summed E-state index contributed by atoms with van der Waals surface area (Å²) in [6.45, 7) is 1.79. The van der Waals surface area contributed by atoms with Crippen molar-refractivity contribution >= 4 is 33.6 Å². The lowest BCUT2D eigenvalue weighted by Crippen LogP contribution is -2.00. The molecule has 2 aromatic rings. The van der Waals surface area contributed by atoms with Gasteiger partial charge < -0.3 is 0 Å². The van der Waals surface area contributed by atoms with Gasteiger partial charge in [-0.2, -0.15) is 8.42 Å². The van der Waals surface area contributed by atoms with Crippen LogP contribution in [0.1, 0.15) is 5.56 Å². The predicted octanol–water partition coefficient (Wildman–Crippen LogP) is 4.11. The quantitative estimate of drug-likeness (QED) is 0.677. The zero-order valence-corrected chi connectivity index (χ0v) is 13.5. The van der Waals surface area contributed by atoms with E-state index in [1.807, 2.05) is 36.6 Å². The van der Waals surface area contributed by atoms with Crippen molar-refractivity contribution < 1.29 is 13.0 Å². The van der Waals surface area contributed by atoms with Gasteiger partial charge in [0, 0.05) is 14.7 Å². The summed E-state index contributed by atoms with van der Waals surface area (Å²) in [4.78, 5) is 2.55. The molecule has 3 nitrogen and oxygen atoms in total. The van der Waals surface area contributed by atoms with E-state index in [1.165, 1.54) is 17.8 Å². The fourth-order valence-corrected chi connectivity index (χ4v) is 4.00. The van der Waals surface area contributed by atoms with Gasteiger partial charge in [-0.15, -0.1) is 11.8 Å². The van der Waals surface area contributed by atoms with Gasteiger partial charge in [0.15, 0.2) is 0 Å². The molecular weight excluding hydrogens is 312 g/mol. The zero-order chi connectivity index (χ0) is 14.8. The Kier molecular flexibility index (Phi) is 4.80. The topological polar surface area (TPSA) is 54.4 Å². The standard InChI is InChI=1S/C14H14O3S3/c1-10-3-8-13(14(9-10)20(15,16)17)19-12-6-4-11(18-2)5-7-12/h3-9H,1-2H3,(H,15,16,17). The Hall–Kier alpha value is -0.950. The van der Waals surface area contributed by atoms with Crippen molar-refractivity contribution in [3.63, 3.8) is 0 Å². The molecule has 0 spiro atoms. The summed E-state index contributed by atoms with van der Waals surface area (Å²) in [7, 11) is -4.21. The van der Waals surface area contributed by atoms with Gasteiger partial charge in [0.1, 0.15) is 4.90 Å². The molecule has 0 radical (unpaired) electrons. The van der Waals surface area contributed by atoms with Gasteiger partial charge in [0.2, 0.25) is 0 Å². The fourth-order valence-electron chi connectivity index (χ4n) is 1.67. The minimum atomic E-state index is -4.21. The molecule has 2 rings (SSSR count). The first-order chi connectivity index (χ1) is 9.40. The molecule has 6 heteroatoms. The number of hydrogen-bond acceptors (Lipinski definition) is 4. The van der Waals surface area contributed by atoms with Crippen LogP contribution < -0.4 is 0 Å². The van der Waals surface area contributed by atoms with Crippen molar-refractivity contribution in [2.24, 2.45) is 0 Å². The van der Waals surface area contributed by atoms with Crippen molar-refractivity contribution in [2.45, 2.75) is 26.5 Å². The summed E-state index contributed by atoms with van der Waals surface area (Å²) in [5.41, 5.74) is 0.791.